The first kappa shape index (κ1) is 29.7. The number of aryl methyl sites for hydroxylation is 1. The van der Waals surface area contributed by atoms with Crippen LogP contribution in [-0.4, -0.2) is 15.0 Å². The first-order valence-electron chi connectivity index (χ1n) is 15.1. The van der Waals surface area contributed by atoms with Crippen LogP contribution >= 0.6 is 23.1 Å². The van der Waals surface area contributed by atoms with Gasteiger partial charge in [0.05, 0.1) is 20.5 Å². The standard InChI is InChI=1S/C36H37N2O2S3/c1-3-25-37-30-17-8-10-19-32(30)41-34(37)23-21-27-13-12-14-28(36(27)43(39,40)29-15-6-5-7-16-29)22-24-35-38(26-4-2)31-18-9-11-20-33(31)42-35/h5-11,15-24H,3-4,12-14,25-26H2,1-2H3/q+1. The van der Waals surface area contributed by atoms with Crippen molar-refractivity contribution in [3.8, 4) is 0 Å². The Labute approximate surface area is 263 Å². The van der Waals surface area contributed by atoms with Crippen molar-refractivity contribution in [2.75, 3.05) is 11.4 Å². The maximum atomic E-state index is 14.3. The SMILES string of the molecule is CCCN1/C(=C/C=C2\CCCC(/C=C/c3sc4ccccc4[n+]3CCC)=C2S(=O)(=O)c2ccccc2)Sc2ccccc21. The number of rotatable bonds is 9. The van der Waals surface area contributed by atoms with Crippen molar-refractivity contribution in [3.63, 3.8) is 0 Å². The molecule has 3 aromatic carbocycles. The Morgan fingerprint density at radius 2 is 1.63 bits per heavy atom. The highest BCUT2D eigenvalue weighted by Gasteiger charge is 2.30. The predicted octanol–water partition coefficient (Wildman–Crippen LogP) is 9.31. The van der Waals surface area contributed by atoms with Gasteiger partial charge in [0.2, 0.25) is 15.4 Å². The lowest BCUT2D eigenvalue weighted by Crippen LogP contribution is -2.34. The van der Waals surface area contributed by atoms with Crippen LogP contribution in [-0.2, 0) is 16.4 Å². The number of anilines is 1. The molecule has 220 valence electrons. The second-order valence-electron chi connectivity index (χ2n) is 10.8. The summed E-state index contributed by atoms with van der Waals surface area (Å²) in [6, 6.07) is 25.8. The largest absolute Gasteiger partial charge is 0.335 e. The van der Waals surface area contributed by atoms with Gasteiger partial charge in [-0.2, -0.15) is 4.57 Å². The fourth-order valence-corrected chi connectivity index (χ4v) is 9.85. The van der Waals surface area contributed by atoms with E-state index in [4.69, 9.17) is 0 Å². The van der Waals surface area contributed by atoms with E-state index in [1.807, 2.05) is 6.07 Å². The number of hydrogen-bond donors (Lipinski definition) is 0. The highest BCUT2D eigenvalue weighted by molar-refractivity contribution is 8.03. The Morgan fingerprint density at radius 1 is 0.860 bits per heavy atom. The summed E-state index contributed by atoms with van der Waals surface area (Å²) < 4.78 is 32.2. The summed E-state index contributed by atoms with van der Waals surface area (Å²) in [6.07, 6.45) is 12.8. The van der Waals surface area contributed by atoms with Gasteiger partial charge in [0.25, 0.3) is 5.01 Å². The zero-order valence-electron chi connectivity index (χ0n) is 24.7. The molecule has 0 amide bonds. The van der Waals surface area contributed by atoms with Crippen molar-refractivity contribution in [1.82, 2.24) is 0 Å². The van der Waals surface area contributed by atoms with E-state index in [-0.39, 0.29) is 0 Å². The molecule has 6 rings (SSSR count). The number of allylic oxidation sites excluding steroid dienone is 5. The normalized spacial score (nSPS) is 17.6. The van der Waals surface area contributed by atoms with Crippen LogP contribution in [0.2, 0.25) is 0 Å². The third-order valence-electron chi connectivity index (χ3n) is 7.82. The van der Waals surface area contributed by atoms with Gasteiger partial charge < -0.3 is 4.90 Å². The molecule has 0 atom stereocenters. The average molecular weight is 626 g/mol. The van der Waals surface area contributed by atoms with Gasteiger partial charge in [-0.15, -0.1) is 0 Å². The van der Waals surface area contributed by atoms with E-state index in [1.54, 1.807) is 47.4 Å². The monoisotopic (exact) mass is 625 g/mol. The van der Waals surface area contributed by atoms with Gasteiger partial charge in [0.1, 0.15) is 11.2 Å². The Morgan fingerprint density at radius 3 is 2.44 bits per heavy atom. The fraction of sp³-hybridized carbons (Fsp3) is 0.250. The number of aromatic nitrogens is 1. The lowest BCUT2D eigenvalue weighted by molar-refractivity contribution is -0.668. The van der Waals surface area contributed by atoms with Gasteiger partial charge in [-0.05, 0) is 73.2 Å². The maximum absolute atomic E-state index is 14.3. The van der Waals surface area contributed by atoms with Gasteiger partial charge >= 0.3 is 0 Å². The van der Waals surface area contributed by atoms with Crippen LogP contribution in [0.4, 0.5) is 5.69 Å². The van der Waals surface area contributed by atoms with Crippen LogP contribution in [0.3, 0.4) is 0 Å². The minimum absolute atomic E-state index is 0.342. The summed E-state index contributed by atoms with van der Waals surface area (Å²) in [5, 5.41) is 2.28. The number of thiazole rings is 1. The van der Waals surface area contributed by atoms with Crippen LogP contribution in [0, 0.1) is 0 Å². The Hall–Kier alpha value is -3.39. The van der Waals surface area contributed by atoms with Crippen LogP contribution in [0.15, 0.2) is 128 Å². The maximum Gasteiger partial charge on any atom is 0.262 e. The Bertz CT molecular complexity index is 1860. The summed E-state index contributed by atoms with van der Waals surface area (Å²) in [4.78, 5) is 4.39. The van der Waals surface area contributed by atoms with E-state index >= 15 is 0 Å². The molecule has 0 fully saturated rings. The van der Waals surface area contributed by atoms with Gasteiger partial charge in [-0.1, -0.05) is 91.6 Å². The topological polar surface area (TPSA) is 41.3 Å². The van der Waals surface area contributed by atoms with Crippen molar-refractivity contribution in [2.45, 2.75) is 62.3 Å². The molecule has 1 aliphatic carbocycles. The molecule has 7 heteroatoms. The number of sulfone groups is 1. The molecule has 0 spiro atoms. The third-order valence-corrected chi connectivity index (χ3v) is 12.0. The number of para-hydroxylation sites is 2. The average Bonchev–Trinajstić information content (AvgIpc) is 3.57. The lowest BCUT2D eigenvalue weighted by Gasteiger charge is -2.22. The number of nitrogens with zero attached hydrogens (tertiary/aromatic N) is 2. The summed E-state index contributed by atoms with van der Waals surface area (Å²) >= 11 is 3.51. The highest BCUT2D eigenvalue weighted by atomic mass is 32.2. The molecule has 0 N–H and O–H groups in total. The molecule has 0 saturated carbocycles. The molecule has 0 saturated heterocycles. The summed E-state index contributed by atoms with van der Waals surface area (Å²) in [6.45, 7) is 6.22. The fourth-order valence-electron chi connectivity index (χ4n) is 5.89. The Kier molecular flexibility index (Phi) is 9.03. The van der Waals surface area contributed by atoms with Crippen LogP contribution in [0.5, 0.6) is 0 Å². The van der Waals surface area contributed by atoms with Gasteiger partial charge in [0.15, 0.2) is 0 Å². The van der Waals surface area contributed by atoms with Crippen molar-refractivity contribution in [1.29, 1.82) is 0 Å². The van der Waals surface area contributed by atoms with Crippen LogP contribution in [0.1, 0.15) is 51.0 Å². The Balaban J connectivity index is 1.46. The lowest BCUT2D eigenvalue weighted by atomic mass is 9.94. The molecule has 1 aromatic heterocycles. The molecule has 43 heavy (non-hydrogen) atoms. The molecule has 2 heterocycles. The van der Waals surface area contributed by atoms with Crippen LogP contribution < -0.4 is 9.47 Å². The van der Waals surface area contributed by atoms with Crippen molar-refractivity contribution in [2.24, 2.45) is 0 Å². The molecule has 0 radical (unpaired) electrons. The van der Waals surface area contributed by atoms with E-state index in [9.17, 15) is 8.42 Å². The van der Waals surface area contributed by atoms with E-state index in [0.717, 1.165) is 66.4 Å². The molecule has 2 aliphatic rings. The smallest absolute Gasteiger partial charge is 0.262 e. The molecular weight excluding hydrogens is 589 g/mol. The second kappa shape index (κ2) is 13.1. The van der Waals surface area contributed by atoms with Crippen molar-refractivity contribution >= 4 is 54.9 Å². The van der Waals surface area contributed by atoms with Gasteiger partial charge in [-0.25, -0.2) is 8.42 Å². The number of benzene rings is 3. The van der Waals surface area contributed by atoms with E-state index in [0.29, 0.717) is 9.80 Å². The first-order valence-corrected chi connectivity index (χ1v) is 18.2. The molecular formula is C36H37N2O2S3+. The number of hydrogen-bond acceptors (Lipinski definition) is 5. The van der Waals surface area contributed by atoms with E-state index < -0.39 is 9.84 Å². The van der Waals surface area contributed by atoms with Crippen molar-refractivity contribution < 1.29 is 13.0 Å². The van der Waals surface area contributed by atoms with Gasteiger partial charge in [-0.3, -0.25) is 0 Å². The zero-order valence-corrected chi connectivity index (χ0v) is 27.1. The second-order valence-corrected chi connectivity index (χ2v) is 14.8. The van der Waals surface area contributed by atoms with Crippen molar-refractivity contribution in [3.05, 3.63) is 123 Å². The number of thioether (sulfide) groups is 1. The molecule has 4 aromatic rings. The predicted molar refractivity (Wildman–Crippen MR) is 182 cm³/mol. The minimum atomic E-state index is -3.73. The quantitative estimate of drug-likeness (QED) is 0.174. The summed E-state index contributed by atoms with van der Waals surface area (Å²) in [7, 11) is -3.73. The number of fused-ring (bicyclic) bond motifs is 2. The van der Waals surface area contributed by atoms with Crippen LogP contribution in [0.25, 0.3) is 16.3 Å². The zero-order chi connectivity index (χ0) is 29.8. The first-order chi connectivity index (χ1) is 21.0. The third kappa shape index (κ3) is 6.03. The molecule has 1 aliphatic heterocycles. The van der Waals surface area contributed by atoms with E-state index in [2.05, 4.69) is 96.1 Å². The molecule has 0 unspecified atom stereocenters. The molecule has 4 nitrogen and oxygen atoms in total. The minimum Gasteiger partial charge on any atom is -0.335 e. The summed E-state index contributed by atoms with van der Waals surface area (Å²) in [5.74, 6) is 0. The van der Waals surface area contributed by atoms with E-state index in [1.165, 1.54) is 20.8 Å². The summed E-state index contributed by atoms with van der Waals surface area (Å²) in [5.41, 5.74) is 4.21. The highest BCUT2D eigenvalue weighted by Crippen LogP contribution is 2.46. The van der Waals surface area contributed by atoms with Gasteiger partial charge in [0, 0.05) is 30.0 Å². The molecule has 0 bridgehead atoms.